The molecule has 7 heteroatoms. The Morgan fingerprint density at radius 3 is 2.90 bits per heavy atom. The van der Waals surface area contributed by atoms with E-state index >= 15 is 0 Å². The van der Waals surface area contributed by atoms with Gasteiger partial charge in [0.05, 0.1) is 18.2 Å². The summed E-state index contributed by atoms with van der Waals surface area (Å²) in [5, 5.41) is 16.5. The van der Waals surface area contributed by atoms with E-state index in [1.54, 1.807) is 4.90 Å². The van der Waals surface area contributed by atoms with Crippen LogP contribution in [-0.2, 0) is 9.53 Å². The second-order valence-corrected chi connectivity index (χ2v) is 10.1. The first kappa shape index (κ1) is 21.0. The van der Waals surface area contributed by atoms with Crippen LogP contribution in [0.2, 0.25) is 0 Å². The molecule has 0 aromatic heterocycles. The zero-order valence-corrected chi connectivity index (χ0v) is 18.1. The van der Waals surface area contributed by atoms with E-state index in [1.165, 1.54) is 6.42 Å². The maximum atomic E-state index is 12.5. The summed E-state index contributed by atoms with van der Waals surface area (Å²) in [6.45, 7) is 9.55. The molecule has 4 aliphatic rings. The minimum atomic E-state index is -0.232. The lowest BCUT2D eigenvalue weighted by molar-refractivity contribution is -0.130. The van der Waals surface area contributed by atoms with Crippen LogP contribution in [0.4, 0.5) is 0 Å². The summed E-state index contributed by atoms with van der Waals surface area (Å²) in [5.74, 6) is 0.0715. The largest absolute Gasteiger partial charge is 0.372 e. The molecule has 162 valence electrons. The minimum absolute atomic E-state index is 0.0715. The minimum Gasteiger partial charge on any atom is -0.372 e. The molecule has 4 atom stereocenters. The van der Waals surface area contributed by atoms with Crippen LogP contribution in [0.15, 0.2) is 0 Å². The van der Waals surface area contributed by atoms with E-state index in [9.17, 15) is 10.1 Å². The van der Waals surface area contributed by atoms with Crippen molar-refractivity contribution in [3.05, 3.63) is 0 Å². The van der Waals surface area contributed by atoms with Crippen molar-refractivity contribution in [3.8, 4) is 6.07 Å². The van der Waals surface area contributed by atoms with Gasteiger partial charge in [0.25, 0.3) is 0 Å². The van der Waals surface area contributed by atoms with Crippen LogP contribution < -0.4 is 10.6 Å². The van der Waals surface area contributed by atoms with Gasteiger partial charge >= 0.3 is 0 Å². The fraction of sp³-hybridized carbons (Fsp3) is 0.909. The number of hydrogen-bond donors (Lipinski definition) is 2. The molecule has 0 aliphatic carbocycles. The number of carbonyl (C=O) groups is 1. The third kappa shape index (κ3) is 4.61. The summed E-state index contributed by atoms with van der Waals surface area (Å²) in [6.07, 6.45) is 7.40. The average Bonchev–Trinajstić information content (AvgIpc) is 3.26. The molecule has 0 saturated carbocycles. The molecule has 4 aliphatic heterocycles. The summed E-state index contributed by atoms with van der Waals surface area (Å²) < 4.78 is 6.44. The topological polar surface area (TPSA) is 80.6 Å². The van der Waals surface area contributed by atoms with Gasteiger partial charge in [-0.05, 0) is 65.3 Å². The SMILES string of the molecule is CC1(C)CC2(CN3CCCC(NCC(=O)N4CCCC4C#N)C3)OCCCC2N1. The van der Waals surface area contributed by atoms with Crippen molar-refractivity contribution in [1.82, 2.24) is 20.4 Å². The number of amides is 1. The van der Waals surface area contributed by atoms with Crippen LogP contribution in [0, 0.1) is 11.3 Å². The summed E-state index contributed by atoms with van der Waals surface area (Å²) >= 11 is 0. The number of nitriles is 1. The molecule has 0 spiro atoms. The molecule has 0 radical (unpaired) electrons. The molecule has 1 amide bonds. The second kappa shape index (κ2) is 8.50. The molecule has 4 saturated heterocycles. The Balaban J connectivity index is 1.31. The molecular weight excluding hydrogens is 366 g/mol. The number of rotatable bonds is 5. The van der Waals surface area contributed by atoms with Crippen LogP contribution in [0.5, 0.6) is 0 Å². The highest BCUT2D eigenvalue weighted by atomic mass is 16.5. The molecule has 29 heavy (non-hydrogen) atoms. The van der Waals surface area contributed by atoms with Crippen LogP contribution in [0.3, 0.4) is 0 Å². The standard InChI is InChI=1S/C22H37N5O2/c1-21(2)15-22(19(25-21)8-5-11-29-22)16-26-9-3-6-17(14-26)24-13-20(28)27-10-4-7-18(27)12-23/h17-19,24-25H,3-11,13-16H2,1-2H3. The zero-order chi connectivity index (χ0) is 20.5. The molecule has 0 aromatic rings. The first-order chi connectivity index (χ1) is 13.9. The predicted octanol–water partition coefficient (Wildman–Crippen LogP) is 1.24. The van der Waals surface area contributed by atoms with Gasteiger partial charge in [-0.1, -0.05) is 0 Å². The smallest absolute Gasteiger partial charge is 0.237 e. The number of piperidine rings is 1. The summed E-state index contributed by atoms with van der Waals surface area (Å²) in [6, 6.07) is 2.80. The predicted molar refractivity (Wildman–Crippen MR) is 111 cm³/mol. The van der Waals surface area contributed by atoms with Crippen molar-refractivity contribution in [1.29, 1.82) is 5.26 Å². The highest BCUT2D eigenvalue weighted by molar-refractivity contribution is 5.79. The molecule has 0 bridgehead atoms. The number of nitrogens with one attached hydrogen (secondary N) is 2. The van der Waals surface area contributed by atoms with Gasteiger partial charge in [0.15, 0.2) is 0 Å². The van der Waals surface area contributed by atoms with Crippen molar-refractivity contribution in [2.24, 2.45) is 0 Å². The number of fused-ring (bicyclic) bond motifs is 1. The molecule has 4 fully saturated rings. The van der Waals surface area contributed by atoms with Gasteiger partial charge < -0.3 is 20.3 Å². The highest BCUT2D eigenvalue weighted by Crippen LogP contribution is 2.40. The molecule has 4 heterocycles. The van der Waals surface area contributed by atoms with Crippen molar-refractivity contribution in [3.63, 3.8) is 0 Å². The Hall–Kier alpha value is -1.20. The molecule has 4 rings (SSSR count). The number of likely N-dealkylation sites (tertiary alicyclic amines) is 2. The van der Waals surface area contributed by atoms with Gasteiger partial charge in [-0.25, -0.2) is 0 Å². The quantitative estimate of drug-likeness (QED) is 0.719. The molecule has 4 unspecified atom stereocenters. The van der Waals surface area contributed by atoms with E-state index in [1.807, 2.05) is 0 Å². The lowest BCUT2D eigenvalue weighted by atomic mass is 9.84. The number of hydrogen-bond acceptors (Lipinski definition) is 6. The van der Waals surface area contributed by atoms with E-state index < -0.39 is 0 Å². The van der Waals surface area contributed by atoms with Crippen LogP contribution >= 0.6 is 0 Å². The van der Waals surface area contributed by atoms with Gasteiger partial charge in [0, 0.05) is 43.9 Å². The van der Waals surface area contributed by atoms with Gasteiger partial charge in [0.1, 0.15) is 6.04 Å². The number of carbonyl (C=O) groups excluding carboxylic acids is 1. The van der Waals surface area contributed by atoms with Crippen LogP contribution in [0.25, 0.3) is 0 Å². The van der Waals surface area contributed by atoms with E-state index in [0.29, 0.717) is 18.6 Å². The lowest BCUT2D eigenvalue weighted by Crippen LogP contribution is -2.58. The Morgan fingerprint density at radius 2 is 2.07 bits per heavy atom. The number of ether oxygens (including phenoxy) is 1. The summed E-state index contributed by atoms with van der Waals surface area (Å²) in [5.41, 5.74) is 0.0525. The Morgan fingerprint density at radius 1 is 1.24 bits per heavy atom. The van der Waals surface area contributed by atoms with Crippen molar-refractivity contribution < 1.29 is 9.53 Å². The highest BCUT2D eigenvalue weighted by Gasteiger charge is 2.53. The van der Waals surface area contributed by atoms with E-state index in [0.717, 1.165) is 71.3 Å². The molecule has 0 aromatic carbocycles. The van der Waals surface area contributed by atoms with E-state index in [4.69, 9.17) is 4.74 Å². The van der Waals surface area contributed by atoms with E-state index in [2.05, 4.69) is 35.5 Å². The second-order valence-electron chi connectivity index (χ2n) is 10.1. The third-order valence-corrected chi connectivity index (χ3v) is 7.23. The first-order valence-corrected chi connectivity index (χ1v) is 11.5. The zero-order valence-electron chi connectivity index (χ0n) is 18.1. The van der Waals surface area contributed by atoms with Gasteiger partial charge in [-0.3, -0.25) is 9.69 Å². The third-order valence-electron chi connectivity index (χ3n) is 7.23. The summed E-state index contributed by atoms with van der Waals surface area (Å²) in [7, 11) is 0. The van der Waals surface area contributed by atoms with Crippen molar-refractivity contribution >= 4 is 5.91 Å². The Bertz CT molecular complexity index is 648. The monoisotopic (exact) mass is 403 g/mol. The first-order valence-electron chi connectivity index (χ1n) is 11.5. The fourth-order valence-electron chi connectivity index (χ4n) is 6.06. The Labute approximate surface area is 175 Å². The van der Waals surface area contributed by atoms with Crippen LogP contribution in [-0.4, -0.2) is 84.3 Å². The van der Waals surface area contributed by atoms with Gasteiger partial charge in [-0.15, -0.1) is 0 Å². The lowest BCUT2D eigenvalue weighted by Gasteiger charge is -2.44. The normalized spacial score (nSPS) is 37.3. The van der Waals surface area contributed by atoms with Gasteiger partial charge in [0.2, 0.25) is 5.91 Å². The maximum Gasteiger partial charge on any atom is 0.237 e. The van der Waals surface area contributed by atoms with Crippen molar-refractivity contribution in [2.75, 3.05) is 39.3 Å². The molecule has 2 N–H and O–H groups in total. The fourth-order valence-corrected chi connectivity index (χ4v) is 6.06. The number of nitrogens with zero attached hydrogens (tertiary/aromatic N) is 3. The molecular formula is C22H37N5O2. The summed E-state index contributed by atoms with van der Waals surface area (Å²) in [4.78, 5) is 16.8. The Kier molecular flexibility index (Phi) is 6.17. The molecule has 7 nitrogen and oxygen atoms in total. The van der Waals surface area contributed by atoms with Gasteiger partial charge in [-0.2, -0.15) is 5.26 Å². The van der Waals surface area contributed by atoms with E-state index in [-0.39, 0.29) is 23.1 Å². The van der Waals surface area contributed by atoms with Crippen LogP contribution in [0.1, 0.15) is 58.8 Å². The average molecular weight is 404 g/mol. The van der Waals surface area contributed by atoms with Crippen molar-refractivity contribution in [2.45, 2.75) is 88.1 Å². The maximum absolute atomic E-state index is 12.5.